The Morgan fingerprint density at radius 1 is 0.793 bits per heavy atom. The predicted molar refractivity (Wildman–Crippen MR) is 111 cm³/mol. The van der Waals surface area contributed by atoms with Crippen molar-refractivity contribution >= 4 is 34.1 Å². The number of amides is 2. The number of hydrogen-bond donors (Lipinski definition) is 2. The fourth-order valence-corrected chi connectivity index (χ4v) is 3.86. The van der Waals surface area contributed by atoms with Crippen LogP contribution in [-0.4, -0.2) is 16.8 Å². The number of rotatable bonds is 4. The van der Waals surface area contributed by atoms with E-state index < -0.39 is 5.82 Å². The zero-order valence-electron chi connectivity index (χ0n) is 15.9. The topological polar surface area (TPSA) is 71.1 Å². The number of anilines is 2. The van der Waals surface area contributed by atoms with E-state index >= 15 is 0 Å². The Kier molecular flexibility index (Phi) is 5.51. The van der Waals surface area contributed by atoms with Crippen molar-refractivity contribution in [3.63, 3.8) is 0 Å². The number of para-hydroxylation sites is 2. The Hall–Kier alpha value is -3.28. The lowest BCUT2D eigenvalue weighted by Gasteiger charge is -2.27. The second-order valence-corrected chi connectivity index (χ2v) is 7.39. The highest BCUT2D eigenvalue weighted by Gasteiger charge is 2.30. The molecular weight excluding hydrogens is 369 g/mol. The van der Waals surface area contributed by atoms with Gasteiger partial charge in [-0.1, -0.05) is 30.3 Å². The van der Waals surface area contributed by atoms with Gasteiger partial charge in [0.2, 0.25) is 11.8 Å². The van der Waals surface area contributed by atoms with Crippen LogP contribution in [0.5, 0.6) is 0 Å². The van der Waals surface area contributed by atoms with Crippen LogP contribution in [-0.2, 0) is 9.59 Å². The molecule has 2 N–H and O–H groups in total. The van der Waals surface area contributed by atoms with Crippen LogP contribution in [0.1, 0.15) is 25.7 Å². The summed E-state index contributed by atoms with van der Waals surface area (Å²) < 4.78 is 13.7. The summed E-state index contributed by atoms with van der Waals surface area (Å²) in [6, 6.07) is 15.6. The number of halogens is 1. The molecule has 29 heavy (non-hydrogen) atoms. The molecule has 0 radical (unpaired) electrons. The first-order valence-electron chi connectivity index (χ1n) is 9.82. The summed E-state index contributed by atoms with van der Waals surface area (Å²) in [6.45, 7) is 0. The fraction of sp³-hybridized carbons (Fsp3) is 0.261. The number of aromatic nitrogens is 1. The minimum absolute atomic E-state index is 0.0453. The highest BCUT2D eigenvalue weighted by molar-refractivity contribution is 6.01. The number of carbonyl (C=O) groups is 2. The van der Waals surface area contributed by atoms with Gasteiger partial charge in [0.15, 0.2) is 0 Å². The van der Waals surface area contributed by atoms with E-state index in [4.69, 9.17) is 0 Å². The van der Waals surface area contributed by atoms with Gasteiger partial charge in [-0.25, -0.2) is 4.39 Å². The standard InChI is InChI=1S/C23H22FN3O2/c24-18-7-1-2-8-19(18)26-22(28)16-10-12-17(13-11-16)23(29)27-20-9-3-5-15-6-4-14-25-21(15)20/h1-9,14,16-17H,10-13H2,(H,26,28)(H,27,29). The van der Waals surface area contributed by atoms with E-state index in [0.717, 1.165) is 10.9 Å². The summed E-state index contributed by atoms with van der Waals surface area (Å²) >= 11 is 0. The molecule has 0 bridgehead atoms. The highest BCUT2D eigenvalue weighted by atomic mass is 19.1. The van der Waals surface area contributed by atoms with E-state index in [1.807, 2.05) is 30.3 Å². The zero-order valence-corrected chi connectivity index (χ0v) is 15.9. The van der Waals surface area contributed by atoms with Crippen LogP contribution in [0.15, 0.2) is 60.8 Å². The Morgan fingerprint density at radius 3 is 2.07 bits per heavy atom. The first-order chi connectivity index (χ1) is 14.1. The van der Waals surface area contributed by atoms with Crippen LogP contribution in [0.2, 0.25) is 0 Å². The lowest BCUT2D eigenvalue weighted by molar-refractivity contribution is -0.125. The smallest absolute Gasteiger partial charge is 0.227 e. The molecule has 0 atom stereocenters. The molecule has 6 heteroatoms. The maximum atomic E-state index is 13.7. The Balaban J connectivity index is 1.35. The molecule has 1 fully saturated rings. The minimum atomic E-state index is -0.447. The third-order valence-electron chi connectivity index (χ3n) is 5.49. The summed E-state index contributed by atoms with van der Waals surface area (Å²) in [5.41, 5.74) is 1.66. The third kappa shape index (κ3) is 4.26. The van der Waals surface area contributed by atoms with Crippen LogP contribution in [0, 0.1) is 17.7 Å². The van der Waals surface area contributed by atoms with Crippen molar-refractivity contribution in [1.29, 1.82) is 0 Å². The van der Waals surface area contributed by atoms with E-state index in [1.165, 1.54) is 6.07 Å². The molecule has 0 saturated heterocycles. The SMILES string of the molecule is O=C(Nc1ccccc1F)C1CCC(C(=O)Nc2cccc3cccnc23)CC1. The molecule has 0 aliphatic heterocycles. The van der Waals surface area contributed by atoms with Crippen molar-refractivity contribution in [2.24, 2.45) is 11.8 Å². The monoisotopic (exact) mass is 391 g/mol. The molecule has 148 valence electrons. The number of nitrogens with zero attached hydrogens (tertiary/aromatic N) is 1. The van der Waals surface area contributed by atoms with Crippen molar-refractivity contribution in [1.82, 2.24) is 4.98 Å². The summed E-state index contributed by atoms with van der Waals surface area (Å²) in [7, 11) is 0. The van der Waals surface area contributed by atoms with Gasteiger partial charge in [0.05, 0.1) is 16.9 Å². The zero-order chi connectivity index (χ0) is 20.2. The van der Waals surface area contributed by atoms with E-state index in [1.54, 1.807) is 24.4 Å². The van der Waals surface area contributed by atoms with Gasteiger partial charge in [0, 0.05) is 23.4 Å². The van der Waals surface area contributed by atoms with Gasteiger partial charge < -0.3 is 10.6 Å². The summed E-state index contributed by atoms with van der Waals surface area (Å²) in [4.78, 5) is 29.5. The molecule has 1 aromatic heterocycles. The summed E-state index contributed by atoms with van der Waals surface area (Å²) in [5, 5.41) is 6.63. The summed E-state index contributed by atoms with van der Waals surface area (Å²) in [5.74, 6) is -1.04. The lowest BCUT2D eigenvalue weighted by atomic mass is 9.81. The second kappa shape index (κ2) is 8.39. The van der Waals surface area contributed by atoms with Gasteiger partial charge in [-0.05, 0) is 49.9 Å². The van der Waals surface area contributed by atoms with E-state index in [0.29, 0.717) is 31.4 Å². The van der Waals surface area contributed by atoms with Gasteiger partial charge in [-0.2, -0.15) is 0 Å². The van der Waals surface area contributed by atoms with Gasteiger partial charge in [-0.15, -0.1) is 0 Å². The lowest BCUT2D eigenvalue weighted by Crippen LogP contribution is -2.32. The fourth-order valence-electron chi connectivity index (χ4n) is 3.86. The Labute approximate surface area is 168 Å². The van der Waals surface area contributed by atoms with E-state index in [-0.39, 0.29) is 29.3 Å². The highest BCUT2D eigenvalue weighted by Crippen LogP contribution is 2.31. The van der Waals surface area contributed by atoms with Gasteiger partial charge in [-0.3, -0.25) is 14.6 Å². The Morgan fingerprint density at radius 2 is 1.38 bits per heavy atom. The molecular formula is C23H22FN3O2. The van der Waals surface area contributed by atoms with Crippen LogP contribution < -0.4 is 10.6 Å². The molecule has 2 aromatic carbocycles. The number of hydrogen-bond acceptors (Lipinski definition) is 3. The van der Waals surface area contributed by atoms with Crippen LogP contribution in [0.3, 0.4) is 0 Å². The van der Waals surface area contributed by atoms with Gasteiger partial charge in [0.25, 0.3) is 0 Å². The molecule has 0 unspecified atom stereocenters. The first kappa shape index (κ1) is 19.1. The number of carbonyl (C=O) groups excluding carboxylic acids is 2. The molecule has 1 saturated carbocycles. The average molecular weight is 391 g/mol. The number of nitrogens with one attached hydrogen (secondary N) is 2. The number of pyridine rings is 1. The Bertz CT molecular complexity index is 1040. The third-order valence-corrected chi connectivity index (χ3v) is 5.49. The van der Waals surface area contributed by atoms with Crippen molar-refractivity contribution in [3.8, 4) is 0 Å². The maximum Gasteiger partial charge on any atom is 0.227 e. The molecule has 1 aliphatic rings. The van der Waals surface area contributed by atoms with Gasteiger partial charge >= 0.3 is 0 Å². The van der Waals surface area contributed by atoms with Crippen LogP contribution >= 0.6 is 0 Å². The number of benzene rings is 2. The summed E-state index contributed by atoms with van der Waals surface area (Å²) in [6.07, 6.45) is 4.16. The molecule has 4 rings (SSSR count). The molecule has 3 aromatic rings. The van der Waals surface area contributed by atoms with Crippen molar-refractivity contribution in [2.75, 3.05) is 10.6 Å². The normalized spacial score (nSPS) is 18.9. The molecule has 1 aliphatic carbocycles. The quantitative estimate of drug-likeness (QED) is 0.674. The predicted octanol–water partition coefficient (Wildman–Crippen LogP) is 4.76. The van der Waals surface area contributed by atoms with Crippen molar-refractivity contribution in [3.05, 3.63) is 66.6 Å². The largest absolute Gasteiger partial charge is 0.324 e. The van der Waals surface area contributed by atoms with Crippen molar-refractivity contribution < 1.29 is 14.0 Å². The molecule has 2 amide bonds. The van der Waals surface area contributed by atoms with Crippen molar-refractivity contribution in [2.45, 2.75) is 25.7 Å². The maximum absolute atomic E-state index is 13.7. The molecule has 5 nitrogen and oxygen atoms in total. The van der Waals surface area contributed by atoms with Crippen LogP contribution in [0.25, 0.3) is 10.9 Å². The second-order valence-electron chi connectivity index (χ2n) is 7.39. The average Bonchev–Trinajstić information content (AvgIpc) is 2.75. The first-order valence-corrected chi connectivity index (χ1v) is 9.82. The van der Waals surface area contributed by atoms with E-state index in [9.17, 15) is 14.0 Å². The van der Waals surface area contributed by atoms with E-state index in [2.05, 4.69) is 15.6 Å². The van der Waals surface area contributed by atoms with Gasteiger partial charge in [0.1, 0.15) is 5.82 Å². The van der Waals surface area contributed by atoms with Crippen LogP contribution in [0.4, 0.5) is 15.8 Å². The minimum Gasteiger partial charge on any atom is -0.324 e. The molecule has 0 spiro atoms. The number of fused-ring (bicyclic) bond motifs is 1. The molecule has 1 heterocycles.